The van der Waals surface area contributed by atoms with Crippen molar-refractivity contribution < 1.29 is 13.2 Å². The van der Waals surface area contributed by atoms with Gasteiger partial charge in [-0.3, -0.25) is 0 Å². The fraction of sp³-hybridized carbons (Fsp3) is 0.600. The van der Waals surface area contributed by atoms with Gasteiger partial charge in [0.2, 0.25) is 0 Å². The number of alkyl halides is 3. The lowest BCUT2D eigenvalue weighted by Crippen LogP contribution is -2.37. The zero-order chi connectivity index (χ0) is 14.3. The SMILES string of the molecule is CC1(C)CCC(N)C(c2ccc(C(F)(F)F)cc2)C1. The van der Waals surface area contributed by atoms with Gasteiger partial charge in [-0.15, -0.1) is 0 Å². The smallest absolute Gasteiger partial charge is 0.327 e. The minimum atomic E-state index is -4.27. The first-order valence-electron chi connectivity index (χ1n) is 6.62. The van der Waals surface area contributed by atoms with Gasteiger partial charge in [0.15, 0.2) is 0 Å². The molecular weight excluding hydrogens is 251 g/mol. The summed E-state index contributed by atoms with van der Waals surface area (Å²) in [6, 6.07) is 5.52. The van der Waals surface area contributed by atoms with Crippen LogP contribution < -0.4 is 5.73 Å². The van der Waals surface area contributed by atoms with Gasteiger partial charge in [0.1, 0.15) is 0 Å². The van der Waals surface area contributed by atoms with Gasteiger partial charge in [-0.25, -0.2) is 0 Å². The monoisotopic (exact) mass is 271 g/mol. The van der Waals surface area contributed by atoms with Crippen LogP contribution in [0.2, 0.25) is 0 Å². The molecule has 0 radical (unpaired) electrons. The summed E-state index contributed by atoms with van der Waals surface area (Å²) in [7, 11) is 0. The summed E-state index contributed by atoms with van der Waals surface area (Å²) in [6.07, 6.45) is -1.34. The Morgan fingerprint density at radius 2 is 1.74 bits per heavy atom. The van der Waals surface area contributed by atoms with Crippen LogP contribution in [-0.4, -0.2) is 6.04 Å². The van der Waals surface area contributed by atoms with Gasteiger partial charge < -0.3 is 5.73 Å². The van der Waals surface area contributed by atoms with Crippen LogP contribution in [0.25, 0.3) is 0 Å². The van der Waals surface area contributed by atoms with Crippen LogP contribution in [0.4, 0.5) is 13.2 Å². The molecule has 1 aliphatic carbocycles. The Balaban J connectivity index is 2.21. The maximum absolute atomic E-state index is 12.5. The van der Waals surface area contributed by atoms with Crippen molar-refractivity contribution in [1.29, 1.82) is 0 Å². The summed E-state index contributed by atoms with van der Waals surface area (Å²) in [5.41, 5.74) is 6.67. The Labute approximate surface area is 112 Å². The molecule has 0 spiro atoms. The lowest BCUT2D eigenvalue weighted by molar-refractivity contribution is -0.137. The second-order valence-electron chi connectivity index (χ2n) is 6.30. The average molecular weight is 271 g/mol. The Morgan fingerprint density at radius 3 is 2.26 bits per heavy atom. The van der Waals surface area contributed by atoms with Crippen molar-refractivity contribution in [3.05, 3.63) is 35.4 Å². The van der Waals surface area contributed by atoms with E-state index in [2.05, 4.69) is 13.8 Å². The van der Waals surface area contributed by atoms with Crippen molar-refractivity contribution in [2.24, 2.45) is 11.1 Å². The molecular formula is C15H20F3N. The summed E-state index contributed by atoms with van der Waals surface area (Å²) in [5.74, 6) is 0.158. The molecule has 106 valence electrons. The third-order valence-corrected chi connectivity index (χ3v) is 4.11. The number of hydrogen-bond donors (Lipinski definition) is 1. The maximum Gasteiger partial charge on any atom is 0.416 e. The van der Waals surface area contributed by atoms with Crippen LogP contribution in [0.1, 0.15) is 50.2 Å². The fourth-order valence-electron chi connectivity index (χ4n) is 2.89. The molecule has 2 N–H and O–H groups in total. The van der Waals surface area contributed by atoms with Gasteiger partial charge in [-0.05, 0) is 48.3 Å². The van der Waals surface area contributed by atoms with E-state index < -0.39 is 11.7 Å². The van der Waals surface area contributed by atoms with E-state index in [9.17, 15) is 13.2 Å². The summed E-state index contributed by atoms with van der Waals surface area (Å²) in [5, 5.41) is 0. The molecule has 0 saturated heterocycles. The van der Waals surface area contributed by atoms with E-state index in [1.165, 1.54) is 0 Å². The van der Waals surface area contributed by atoms with E-state index in [0.717, 1.165) is 37.0 Å². The van der Waals surface area contributed by atoms with Crippen LogP contribution in [0.15, 0.2) is 24.3 Å². The predicted octanol–water partition coefficient (Wildman–Crippen LogP) is 4.33. The topological polar surface area (TPSA) is 26.0 Å². The van der Waals surface area contributed by atoms with Gasteiger partial charge >= 0.3 is 6.18 Å². The van der Waals surface area contributed by atoms with E-state index in [1.807, 2.05) is 0 Å². The molecule has 19 heavy (non-hydrogen) atoms. The predicted molar refractivity (Wildman–Crippen MR) is 69.8 cm³/mol. The summed E-state index contributed by atoms with van der Waals surface area (Å²) < 4.78 is 37.6. The molecule has 4 heteroatoms. The second-order valence-corrected chi connectivity index (χ2v) is 6.30. The van der Waals surface area contributed by atoms with Crippen molar-refractivity contribution in [3.63, 3.8) is 0 Å². The van der Waals surface area contributed by atoms with Crippen LogP contribution in [0.3, 0.4) is 0 Å². The van der Waals surface area contributed by atoms with E-state index in [1.54, 1.807) is 12.1 Å². The molecule has 0 aliphatic heterocycles. The molecule has 2 atom stereocenters. The molecule has 1 nitrogen and oxygen atoms in total. The molecule has 1 saturated carbocycles. The van der Waals surface area contributed by atoms with Crippen LogP contribution >= 0.6 is 0 Å². The molecule has 1 fully saturated rings. The van der Waals surface area contributed by atoms with Gasteiger partial charge in [0.05, 0.1) is 5.56 Å². The second kappa shape index (κ2) is 4.82. The van der Waals surface area contributed by atoms with Gasteiger partial charge in [0, 0.05) is 6.04 Å². The Morgan fingerprint density at radius 1 is 1.16 bits per heavy atom. The molecule has 1 aliphatic rings. The van der Waals surface area contributed by atoms with E-state index in [0.29, 0.717) is 0 Å². The number of hydrogen-bond acceptors (Lipinski definition) is 1. The van der Waals surface area contributed by atoms with E-state index >= 15 is 0 Å². The van der Waals surface area contributed by atoms with Gasteiger partial charge in [-0.1, -0.05) is 26.0 Å². The molecule has 0 bridgehead atoms. The fourth-order valence-corrected chi connectivity index (χ4v) is 2.89. The third kappa shape index (κ3) is 3.30. The zero-order valence-electron chi connectivity index (χ0n) is 11.3. The minimum absolute atomic E-state index is 0.0461. The first kappa shape index (κ1) is 14.4. The number of benzene rings is 1. The molecule has 1 aromatic carbocycles. The lowest BCUT2D eigenvalue weighted by Gasteiger charge is -2.39. The Hall–Kier alpha value is -1.03. The number of nitrogens with two attached hydrogens (primary N) is 1. The highest BCUT2D eigenvalue weighted by Gasteiger charge is 2.35. The highest BCUT2D eigenvalue weighted by Crippen LogP contribution is 2.43. The normalized spacial score (nSPS) is 27.3. The maximum atomic E-state index is 12.5. The van der Waals surface area contributed by atoms with Crippen LogP contribution in [0.5, 0.6) is 0 Å². The highest BCUT2D eigenvalue weighted by molar-refractivity contribution is 5.28. The lowest BCUT2D eigenvalue weighted by atomic mass is 9.68. The average Bonchev–Trinajstić information content (AvgIpc) is 2.31. The van der Waals surface area contributed by atoms with E-state index in [-0.39, 0.29) is 17.4 Å². The largest absolute Gasteiger partial charge is 0.416 e. The molecule has 1 aromatic rings. The summed E-state index contributed by atoms with van der Waals surface area (Å²) in [4.78, 5) is 0. The van der Waals surface area contributed by atoms with Crippen molar-refractivity contribution >= 4 is 0 Å². The van der Waals surface area contributed by atoms with Crippen molar-refractivity contribution in [2.75, 3.05) is 0 Å². The molecule has 2 unspecified atom stereocenters. The zero-order valence-corrected chi connectivity index (χ0v) is 11.3. The first-order valence-corrected chi connectivity index (χ1v) is 6.62. The molecule has 0 amide bonds. The summed E-state index contributed by atoms with van der Waals surface area (Å²) >= 11 is 0. The molecule has 0 heterocycles. The minimum Gasteiger partial charge on any atom is -0.327 e. The summed E-state index contributed by atoms with van der Waals surface area (Å²) in [6.45, 7) is 4.38. The van der Waals surface area contributed by atoms with E-state index in [4.69, 9.17) is 5.73 Å². The van der Waals surface area contributed by atoms with Gasteiger partial charge in [-0.2, -0.15) is 13.2 Å². The Kier molecular flexibility index (Phi) is 3.65. The van der Waals surface area contributed by atoms with Crippen LogP contribution in [0, 0.1) is 5.41 Å². The van der Waals surface area contributed by atoms with Crippen LogP contribution in [-0.2, 0) is 6.18 Å². The first-order chi connectivity index (χ1) is 8.69. The van der Waals surface area contributed by atoms with Crippen molar-refractivity contribution in [2.45, 2.75) is 51.2 Å². The third-order valence-electron chi connectivity index (χ3n) is 4.11. The standard InChI is InChI=1S/C15H20F3N/c1-14(2)8-7-13(19)12(9-14)10-3-5-11(6-4-10)15(16,17)18/h3-6,12-13H,7-9,19H2,1-2H3. The molecule has 0 aromatic heterocycles. The number of halogens is 3. The Bertz CT molecular complexity index is 434. The molecule has 2 rings (SSSR count). The quantitative estimate of drug-likeness (QED) is 0.808. The van der Waals surface area contributed by atoms with Crippen molar-refractivity contribution in [1.82, 2.24) is 0 Å². The number of rotatable bonds is 1. The highest BCUT2D eigenvalue weighted by atomic mass is 19.4. The van der Waals surface area contributed by atoms with Gasteiger partial charge in [0.25, 0.3) is 0 Å². The van der Waals surface area contributed by atoms with Crippen molar-refractivity contribution in [3.8, 4) is 0 Å².